The molecule has 2 atom stereocenters. The predicted molar refractivity (Wildman–Crippen MR) is 110 cm³/mol. The average molecular weight is 386 g/mol. The van der Waals surface area contributed by atoms with Crippen molar-refractivity contribution in [3.05, 3.63) is 60.1 Å². The van der Waals surface area contributed by atoms with Gasteiger partial charge < -0.3 is 24.9 Å². The Hall–Kier alpha value is -2.31. The molecule has 3 rings (SSSR count). The molecule has 0 saturated carbocycles. The Morgan fingerprint density at radius 1 is 1.25 bits per heavy atom. The third-order valence-corrected chi connectivity index (χ3v) is 5.30. The van der Waals surface area contributed by atoms with E-state index in [1.54, 1.807) is 6.26 Å². The number of ether oxygens (including phenoxy) is 1. The Morgan fingerprint density at radius 2 is 2.11 bits per heavy atom. The van der Waals surface area contributed by atoms with Gasteiger partial charge in [0.25, 0.3) is 0 Å². The molecular formula is C22H31N3O3. The summed E-state index contributed by atoms with van der Waals surface area (Å²) in [6, 6.07) is 14.3. The van der Waals surface area contributed by atoms with Gasteiger partial charge in [0.05, 0.1) is 25.5 Å². The van der Waals surface area contributed by atoms with Crippen molar-refractivity contribution in [2.45, 2.75) is 32.2 Å². The number of aliphatic hydroxyl groups excluding tert-OH is 1. The van der Waals surface area contributed by atoms with E-state index in [1.165, 1.54) is 5.56 Å². The van der Waals surface area contributed by atoms with Crippen LogP contribution in [0.5, 0.6) is 0 Å². The van der Waals surface area contributed by atoms with Crippen LogP contribution in [0.15, 0.2) is 58.1 Å². The lowest BCUT2D eigenvalue weighted by atomic mass is 9.84. The number of benzene rings is 1. The van der Waals surface area contributed by atoms with E-state index >= 15 is 0 Å². The molecule has 2 aromatic rings. The maximum atomic E-state index is 9.45. The van der Waals surface area contributed by atoms with Crippen LogP contribution in [0.3, 0.4) is 0 Å². The molecule has 0 bridgehead atoms. The van der Waals surface area contributed by atoms with Crippen LogP contribution in [-0.2, 0) is 11.2 Å². The van der Waals surface area contributed by atoms with E-state index in [1.807, 2.05) is 30.3 Å². The third-order valence-electron chi connectivity index (χ3n) is 5.30. The summed E-state index contributed by atoms with van der Waals surface area (Å²) in [4.78, 5) is 4.85. The fraction of sp³-hybridized carbons (Fsp3) is 0.500. The van der Waals surface area contributed by atoms with Crippen LogP contribution in [0.2, 0.25) is 0 Å². The highest BCUT2D eigenvalue weighted by Crippen LogP contribution is 2.32. The first kappa shape index (κ1) is 20.4. The van der Waals surface area contributed by atoms with Gasteiger partial charge in [0, 0.05) is 31.6 Å². The minimum Gasteiger partial charge on any atom is -0.469 e. The monoisotopic (exact) mass is 385 g/mol. The molecule has 2 unspecified atom stereocenters. The summed E-state index contributed by atoms with van der Waals surface area (Å²) in [6.45, 7) is 5.04. The van der Waals surface area contributed by atoms with E-state index in [2.05, 4.69) is 29.7 Å². The summed E-state index contributed by atoms with van der Waals surface area (Å²) >= 11 is 0. The second-order valence-electron chi connectivity index (χ2n) is 7.47. The molecule has 0 amide bonds. The number of rotatable bonds is 9. The van der Waals surface area contributed by atoms with Gasteiger partial charge in [-0.15, -0.1) is 0 Å². The van der Waals surface area contributed by atoms with Gasteiger partial charge in [-0.3, -0.25) is 4.99 Å². The molecule has 3 N–H and O–H groups in total. The van der Waals surface area contributed by atoms with Crippen LogP contribution >= 0.6 is 0 Å². The van der Waals surface area contributed by atoms with E-state index in [9.17, 15) is 5.11 Å². The van der Waals surface area contributed by atoms with Gasteiger partial charge in [-0.25, -0.2) is 0 Å². The lowest BCUT2D eigenvalue weighted by molar-refractivity contribution is 0.131. The Kier molecular flexibility index (Phi) is 7.51. The minimum absolute atomic E-state index is 0.0691. The smallest absolute Gasteiger partial charge is 0.191 e. The topological polar surface area (TPSA) is 79.0 Å². The Morgan fingerprint density at radius 3 is 2.79 bits per heavy atom. The zero-order valence-corrected chi connectivity index (χ0v) is 16.6. The zero-order chi connectivity index (χ0) is 19.7. The third kappa shape index (κ3) is 5.84. The van der Waals surface area contributed by atoms with Gasteiger partial charge in [0.15, 0.2) is 5.96 Å². The number of nitrogens with one attached hydrogen (secondary N) is 2. The molecule has 1 aromatic carbocycles. The highest BCUT2D eigenvalue weighted by molar-refractivity contribution is 5.80. The molecule has 0 radical (unpaired) electrons. The highest BCUT2D eigenvalue weighted by atomic mass is 16.5. The molecule has 1 fully saturated rings. The number of furan rings is 1. The number of aliphatic imine (C=N–C) groups is 1. The van der Waals surface area contributed by atoms with Crippen molar-refractivity contribution >= 4 is 5.96 Å². The normalized spacial score (nSPS) is 20.9. The molecule has 28 heavy (non-hydrogen) atoms. The number of aliphatic hydroxyl groups is 1. The van der Waals surface area contributed by atoms with E-state index in [0.29, 0.717) is 19.6 Å². The van der Waals surface area contributed by atoms with Crippen LogP contribution in [0.4, 0.5) is 0 Å². The zero-order valence-electron chi connectivity index (χ0n) is 16.6. The fourth-order valence-corrected chi connectivity index (χ4v) is 3.48. The lowest BCUT2D eigenvalue weighted by Crippen LogP contribution is -2.41. The van der Waals surface area contributed by atoms with Crippen molar-refractivity contribution in [1.82, 2.24) is 10.6 Å². The van der Waals surface area contributed by atoms with Crippen LogP contribution < -0.4 is 10.6 Å². The van der Waals surface area contributed by atoms with E-state index in [4.69, 9.17) is 14.1 Å². The molecule has 1 aliphatic rings. The van der Waals surface area contributed by atoms with Crippen molar-refractivity contribution in [2.75, 3.05) is 32.9 Å². The molecule has 6 heteroatoms. The summed E-state index contributed by atoms with van der Waals surface area (Å²) in [5.74, 6) is 1.72. The van der Waals surface area contributed by atoms with Gasteiger partial charge in [-0.2, -0.15) is 0 Å². The van der Waals surface area contributed by atoms with E-state index in [-0.39, 0.29) is 18.1 Å². The Labute approximate surface area is 167 Å². The maximum absolute atomic E-state index is 9.45. The number of nitrogens with zero attached hydrogens (tertiary/aromatic N) is 1. The Bertz CT molecular complexity index is 710. The van der Waals surface area contributed by atoms with Gasteiger partial charge in [-0.05, 0) is 37.5 Å². The predicted octanol–water partition coefficient (Wildman–Crippen LogP) is 2.91. The van der Waals surface area contributed by atoms with Gasteiger partial charge in [0.2, 0.25) is 0 Å². The largest absolute Gasteiger partial charge is 0.469 e. The molecular weight excluding hydrogens is 354 g/mol. The second kappa shape index (κ2) is 10.3. The van der Waals surface area contributed by atoms with E-state index in [0.717, 1.165) is 37.7 Å². The van der Waals surface area contributed by atoms with E-state index < -0.39 is 0 Å². The molecule has 2 heterocycles. The van der Waals surface area contributed by atoms with Gasteiger partial charge >= 0.3 is 0 Å². The summed E-state index contributed by atoms with van der Waals surface area (Å²) < 4.78 is 11.0. The first-order chi connectivity index (χ1) is 13.7. The number of hydrogen-bond donors (Lipinski definition) is 3. The fourth-order valence-electron chi connectivity index (χ4n) is 3.48. The van der Waals surface area contributed by atoms with Crippen LogP contribution in [0.1, 0.15) is 37.1 Å². The summed E-state index contributed by atoms with van der Waals surface area (Å²) in [6.07, 6.45) is 4.13. The van der Waals surface area contributed by atoms with Crippen LogP contribution in [0, 0.1) is 5.41 Å². The number of guanidine groups is 1. The summed E-state index contributed by atoms with van der Waals surface area (Å²) in [5.41, 5.74) is 1.14. The first-order valence-electron chi connectivity index (χ1n) is 10.0. The van der Waals surface area contributed by atoms with Gasteiger partial charge in [0.1, 0.15) is 5.76 Å². The van der Waals surface area contributed by atoms with Crippen LogP contribution in [0.25, 0.3) is 0 Å². The standard InChI is InChI=1S/C22H31N3O3/c1-18(19-6-3-2-4-7-19)25-21(23-12-9-20-8-5-14-28-20)24-16-22(10-13-26)11-15-27-17-22/h2-8,14,18,26H,9-13,15-17H2,1H3,(H2,23,24,25). The van der Waals surface area contributed by atoms with Crippen LogP contribution in [-0.4, -0.2) is 44.0 Å². The maximum Gasteiger partial charge on any atom is 0.191 e. The molecule has 1 saturated heterocycles. The first-order valence-corrected chi connectivity index (χ1v) is 10.0. The van der Waals surface area contributed by atoms with Crippen molar-refractivity contribution < 1.29 is 14.3 Å². The van der Waals surface area contributed by atoms with Gasteiger partial charge in [-0.1, -0.05) is 30.3 Å². The lowest BCUT2D eigenvalue weighted by Gasteiger charge is -2.25. The molecule has 0 spiro atoms. The quantitative estimate of drug-likeness (QED) is 0.457. The minimum atomic E-state index is -0.0691. The molecule has 152 valence electrons. The number of hydrogen-bond acceptors (Lipinski definition) is 4. The SMILES string of the molecule is CC(NC(=NCC1(CCO)CCOC1)NCCc1ccco1)c1ccccc1. The molecule has 1 aromatic heterocycles. The summed E-state index contributed by atoms with van der Waals surface area (Å²) in [5, 5.41) is 16.4. The van der Waals surface area contributed by atoms with Crippen molar-refractivity contribution in [3.63, 3.8) is 0 Å². The average Bonchev–Trinajstić information content (AvgIpc) is 3.39. The molecule has 6 nitrogen and oxygen atoms in total. The molecule has 1 aliphatic heterocycles. The second-order valence-corrected chi connectivity index (χ2v) is 7.47. The summed E-state index contributed by atoms with van der Waals surface area (Å²) in [7, 11) is 0. The van der Waals surface area contributed by atoms with Crippen molar-refractivity contribution in [2.24, 2.45) is 10.4 Å². The van der Waals surface area contributed by atoms with Crippen molar-refractivity contribution in [3.8, 4) is 0 Å². The highest BCUT2D eigenvalue weighted by Gasteiger charge is 2.34. The molecule has 0 aliphatic carbocycles. The van der Waals surface area contributed by atoms with Crippen molar-refractivity contribution in [1.29, 1.82) is 0 Å². The Balaban J connectivity index is 1.65.